The Morgan fingerprint density at radius 1 is 1.40 bits per heavy atom. The van der Waals surface area contributed by atoms with Crippen molar-refractivity contribution in [3.05, 3.63) is 47.8 Å². The highest BCUT2D eigenvalue weighted by Crippen LogP contribution is 2.27. The number of amides is 1. The summed E-state index contributed by atoms with van der Waals surface area (Å²) >= 11 is 0. The maximum Gasteiger partial charge on any atom is 0.248 e. The standard InChI is InChI=1S/C19H26N4O2/c1-15-4-5-17(25-2)16(14-15)6-10-21-18(24)19(7-11-20-12-8-19)23-13-3-9-22-23/h3-5,9,13-14,20H,6-8,10-12H2,1-2H3,(H,21,24). The number of nitrogens with zero attached hydrogens (tertiary/aromatic N) is 2. The van der Waals surface area contributed by atoms with Crippen LogP contribution in [0.2, 0.25) is 0 Å². The maximum atomic E-state index is 13.0. The number of nitrogens with one attached hydrogen (secondary N) is 2. The third-order valence-corrected chi connectivity index (χ3v) is 4.91. The van der Waals surface area contributed by atoms with Crippen LogP contribution in [0.15, 0.2) is 36.7 Å². The molecule has 1 aromatic heterocycles. The van der Waals surface area contributed by atoms with Crippen molar-refractivity contribution in [2.24, 2.45) is 0 Å². The largest absolute Gasteiger partial charge is 0.496 e. The van der Waals surface area contributed by atoms with E-state index in [4.69, 9.17) is 4.74 Å². The highest BCUT2D eigenvalue weighted by molar-refractivity contribution is 5.84. The molecular formula is C19H26N4O2. The number of carbonyl (C=O) groups is 1. The minimum absolute atomic E-state index is 0.0457. The molecule has 2 heterocycles. The summed E-state index contributed by atoms with van der Waals surface area (Å²) in [7, 11) is 1.68. The lowest BCUT2D eigenvalue weighted by atomic mass is 9.87. The fourth-order valence-corrected chi connectivity index (χ4v) is 3.50. The third-order valence-electron chi connectivity index (χ3n) is 4.91. The Balaban J connectivity index is 1.68. The van der Waals surface area contributed by atoms with Crippen LogP contribution in [0.1, 0.15) is 24.0 Å². The zero-order valence-corrected chi connectivity index (χ0v) is 14.9. The first-order chi connectivity index (χ1) is 12.2. The van der Waals surface area contributed by atoms with Crippen LogP contribution in [0.3, 0.4) is 0 Å². The van der Waals surface area contributed by atoms with Crippen molar-refractivity contribution in [3.63, 3.8) is 0 Å². The third kappa shape index (κ3) is 3.69. The lowest BCUT2D eigenvalue weighted by molar-refractivity contribution is -0.131. The predicted octanol–water partition coefficient (Wildman–Crippen LogP) is 1.64. The number of carbonyl (C=O) groups excluding carboxylic acids is 1. The molecule has 3 rings (SSSR count). The highest BCUT2D eigenvalue weighted by atomic mass is 16.5. The monoisotopic (exact) mass is 342 g/mol. The fourth-order valence-electron chi connectivity index (χ4n) is 3.50. The van der Waals surface area contributed by atoms with Crippen molar-refractivity contribution in [3.8, 4) is 5.75 Å². The van der Waals surface area contributed by atoms with E-state index in [1.54, 1.807) is 13.3 Å². The second kappa shape index (κ2) is 7.70. The Kier molecular flexibility index (Phi) is 5.38. The Morgan fingerprint density at radius 2 is 2.20 bits per heavy atom. The van der Waals surface area contributed by atoms with Crippen LogP contribution >= 0.6 is 0 Å². The van der Waals surface area contributed by atoms with Gasteiger partial charge in [-0.3, -0.25) is 9.48 Å². The summed E-state index contributed by atoms with van der Waals surface area (Å²) in [5, 5.41) is 10.8. The molecule has 1 aliphatic rings. The molecule has 0 spiro atoms. The molecule has 1 aromatic carbocycles. The minimum Gasteiger partial charge on any atom is -0.496 e. The maximum absolute atomic E-state index is 13.0. The van der Waals surface area contributed by atoms with E-state index in [2.05, 4.69) is 28.7 Å². The minimum atomic E-state index is -0.592. The van der Waals surface area contributed by atoms with E-state index in [1.165, 1.54) is 5.56 Å². The number of piperidine rings is 1. The van der Waals surface area contributed by atoms with E-state index < -0.39 is 5.54 Å². The van der Waals surface area contributed by atoms with Gasteiger partial charge in [-0.15, -0.1) is 0 Å². The van der Waals surface area contributed by atoms with Gasteiger partial charge in [0.2, 0.25) is 5.91 Å². The molecule has 1 saturated heterocycles. The summed E-state index contributed by atoms with van der Waals surface area (Å²) in [5.41, 5.74) is 1.71. The van der Waals surface area contributed by atoms with E-state index in [0.29, 0.717) is 6.54 Å². The van der Waals surface area contributed by atoms with Crippen molar-refractivity contribution < 1.29 is 9.53 Å². The average molecular weight is 342 g/mol. The van der Waals surface area contributed by atoms with Crippen LogP contribution in [0.5, 0.6) is 5.75 Å². The molecule has 0 aliphatic carbocycles. The number of hydrogen-bond donors (Lipinski definition) is 2. The number of ether oxygens (including phenoxy) is 1. The molecule has 1 fully saturated rings. The van der Waals surface area contributed by atoms with Crippen LogP contribution in [0, 0.1) is 6.92 Å². The summed E-state index contributed by atoms with van der Waals surface area (Å²) in [6, 6.07) is 7.99. The van der Waals surface area contributed by atoms with Gasteiger partial charge in [0.1, 0.15) is 11.3 Å². The molecule has 6 heteroatoms. The van der Waals surface area contributed by atoms with Crippen molar-refractivity contribution in [2.45, 2.75) is 31.7 Å². The molecule has 1 amide bonds. The average Bonchev–Trinajstić information content (AvgIpc) is 3.17. The quantitative estimate of drug-likeness (QED) is 0.837. The first-order valence-corrected chi connectivity index (χ1v) is 8.78. The number of aryl methyl sites for hydroxylation is 1. The van der Waals surface area contributed by atoms with Gasteiger partial charge < -0.3 is 15.4 Å². The van der Waals surface area contributed by atoms with Crippen molar-refractivity contribution >= 4 is 5.91 Å². The van der Waals surface area contributed by atoms with Crippen molar-refractivity contribution in [1.82, 2.24) is 20.4 Å². The molecule has 0 bridgehead atoms. The first kappa shape index (κ1) is 17.5. The summed E-state index contributed by atoms with van der Waals surface area (Å²) in [5.74, 6) is 0.910. The van der Waals surface area contributed by atoms with Crippen LogP contribution in [0.25, 0.3) is 0 Å². The van der Waals surface area contributed by atoms with Gasteiger partial charge >= 0.3 is 0 Å². The lowest BCUT2D eigenvalue weighted by Gasteiger charge is -2.36. The van der Waals surface area contributed by atoms with Gasteiger partial charge in [-0.1, -0.05) is 17.7 Å². The van der Waals surface area contributed by atoms with Gasteiger partial charge in [-0.05, 0) is 57.0 Å². The molecular weight excluding hydrogens is 316 g/mol. The SMILES string of the molecule is COc1ccc(C)cc1CCNC(=O)C1(n2cccn2)CCNCC1. The lowest BCUT2D eigenvalue weighted by Crippen LogP contribution is -2.54. The Labute approximate surface area is 148 Å². The number of methoxy groups -OCH3 is 1. The molecule has 6 nitrogen and oxygen atoms in total. The number of aromatic nitrogens is 2. The van der Waals surface area contributed by atoms with Crippen LogP contribution in [0.4, 0.5) is 0 Å². The van der Waals surface area contributed by atoms with E-state index in [-0.39, 0.29) is 5.91 Å². The zero-order chi connectivity index (χ0) is 17.7. The second-order valence-corrected chi connectivity index (χ2v) is 6.55. The number of benzene rings is 1. The van der Waals surface area contributed by atoms with E-state index in [1.807, 2.05) is 29.1 Å². The Bertz CT molecular complexity index is 706. The predicted molar refractivity (Wildman–Crippen MR) is 96.7 cm³/mol. The van der Waals surface area contributed by atoms with Gasteiger partial charge in [-0.2, -0.15) is 5.10 Å². The fraction of sp³-hybridized carbons (Fsp3) is 0.474. The van der Waals surface area contributed by atoms with Gasteiger partial charge in [0.25, 0.3) is 0 Å². The molecule has 0 unspecified atom stereocenters. The van der Waals surface area contributed by atoms with Gasteiger partial charge in [0, 0.05) is 18.9 Å². The van der Waals surface area contributed by atoms with Gasteiger partial charge in [-0.25, -0.2) is 0 Å². The summed E-state index contributed by atoms with van der Waals surface area (Å²) < 4.78 is 7.23. The molecule has 1 aliphatic heterocycles. The molecule has 25 heavy (non-hydrogen) atoms. The van der Waals surface area contributed by atoms with Gasteiger partial charge in [0.05, 0.1) is 7.11 Å². The van der Waals surface area contributed by atoms with Crippen LogP contribution < -0.4 is 15.4 Å². The Morgan fingerprint density at radius 3 is 2.88 bits per heavy atom. The first-order valence-electron chi connectivity index (χ1n) is 8.78. The van der Waals surface area contributed by atoms with Crippen molar-refractivity contribution in [1.29, 1.82) is 0 Å². The normalized spacial score (nSPS) is 16.4. The molecule has 0 radical (unpaired) electrons. The summed E-state index contributed by atoms with van der Waals surface area (Å²) in [6.45, 7) is 4.27. The highest BCUT2D eigenvalue weighted by Gasteiger charge is 2.41. The molecule has 134 valence electrons. The van der Waals surface area contributed by atoms with E-state index in [9.17, 15) is 4.79 Å². The van der Waals surface area contributed by atoms with Gasteiger partial charge in [0.15, 0.2) is 0 Å². The topological polar surface area (TPSA) is 68.2 Å². The molecule has 2 N–H and O–H groups in total. The number of hydrogen-bond acceptors (Lipinski definition) is 4. The molecule has 0 atom stereocenters. The summed E-state index contributed by atoms with van der Waals surface area (Å²) in [4.78, 5) is 13.0. The molecule has 2 aromatic rings. The Hall–Kier alpha value is -2.34. The van der Waals surface area contributed by atoms with E-state index in [0.717, 1.165) is 43.7 Å². The molecule has 0 saturated carbocycles. The number of rotatable bonds is 6. The van der Waals surface area contributed by atoms with Crippen LogP contribution in [-0.2, 0) is 16.8 Å². The summed E-state index contributed by atoms with van der Waals surface area (Å²) in [6.07, 6.45) is 5.84. The smallest absolute Gasteiger partial charge is 0.248 e. The van der Waals surface area contributed by atoms with Crippen molar-refractivity contribution in [2.75, 3.05) is 26.7 Å². The van der Waals surface area contributed by atoms with Crippen LogP contribution in [-0.4, -0.2) is 42.4 Å². The second-order valence-electron chi connectivity index (χ2n) is 6.55. The van der Waals surface area contributed by atoms with E-state index >= 15 is 0 Å². The zero-order valence-electron chi connectivity index (χ0n) is 14.9.